The first kappa shape index (κ1) is 10.6. The van der Waals surface area contributed by atoms with Gasteiger partial charge in [-0.25, -0.2) is 4.39 Å². The Bertz CT molecular complexity index is 511. The van der Waals surface area contributed by atoms with Gasteiger partial charge in [-0.2, -0.15) is 0 Å². The third kappa shape index (κ3) is 2.04. The monoisotopic (exact) mass is 217 g/mol. The molecule has 2 nitrogen and oxygen atoms in total. The molecular weight excluding hydrogens is 205 g/mol. The zero-order chi connectivity index (χ0) is 11.5. The molecule has 0 spiro atoms. The molecule has 2 aromatic carbocycles. The topological polar surface area (TPSA) is 46.2 Å². The minimum atomic E-state index is -0.369. The SMILES string of the molecule is NCc1cccc(-c2cc(F)ccc2O)c1. The van der Waals surface area contributed by atoms with Gasteiger partial charge >= 0.3 is 0 Å². The Morgan fingerprint density at radius 2 is 1.94 bits per heavy atom. The summed E-state index contributed by atoms with van der Waals surface area (Å²) in [7, 11) is 0. The minimum absolute atomic E-state index is 0.0653. The summed E-state index contributed by atoms with van der Waals surface area (Å²) in [5.41, 5.74) is 7.72. The van der Waals surface area contributed by atoms with Gasteiger partial charge in [0.1, 0.15) is 11.6 Å². The van der Waals surface area contributed by atoms with E-state index in [0.29, 0.717) is 12.1 Å². The van der Waals surface area contributed by atoms with E-state index in [1.807, 2.05) is 24.3 Å². The molecule has 0 aliphatic rings. The first-order chi connectivity index (χ1) is 7.70. The molecule has 0 saturated heterocycles. The van der Waals surface area contributed by atoms with Gasteiger partial charge in [0.15, 0.2) is 0 Å². The van der Waals surface area contributed by atoms with Crippen LogP contribution in [0, 0.1) is 5.82 Å². The van der Waals surface area contributed by atoms with Gasteiger partial charge in [-0.3, -0.25) is 0 Å². The molecule has 2 aromatic rings. The van der Waals surface area contributed by atoms with Crippen LogP contribution in [0.25, 0.3) is 11.1 Å². The van der Waals surface area contributed by atoms with Gasteiger partial charge in [-0.15, -0.1) is 0 Å². The molecule has 0 fully saturated rings. The predicted octanol–water partition coefficient (Wildman–Crippen LogP) is 2.66. The van der Waals surface area contributed by atoms with Gasteiger partial charge in [0, 0.05) is 12.1 Å². The van der Waals surface area contributed by atoms with E-state index in [1.165, 1.54) is 18.2 Å². The maximum absolute atomic E-state index is 13.1. The van der Waals surface area contributed by atoms with E-state index in [1.54, 1.807) is 0 Å². The van der Waals surface area contributed by atoms with E-state index in [-0.39, 0.29) is 11.6 Å². The maximum Gasteiger partial charge on any atom is 0.124 e. The van der Waals surface area contributed by atoms with E-state index < -0.39 is 0 Å². The fraction of sp³-hybridized carbons (Fsp3) is 0.0769. The molecule has 0 saturated carbocycles. The van der Waals surface area contributed by atoms with Crippen LogP contribution in [-0.2, 0) is 6.54 Å². The lowest BCUT2D eigenvalue weighted by molar-refractivity contribution is 0.475. The second-order valence-corrected chi connectivity index (χ2v) is 3.57. The van der Waals surface area contributed by atoms with Gasteiger partial charge in [-0.1, -0.05) is 18.2 Å². The molecule has 82 valence electrons. The minimum Gasteiger partial charge on any atom is -0.507 e. The van der Waals surface area contributed by atoms with E-state index in [2.05, 4.69) is 0 Å². The number of halogens is 1. The van der Waals surface area contributed by atoms with E-state index >= 15 is 0 Å². The lowest BCUT2D eigenvalue weighted by atomic mass is 10.0. The van der Waals surface area contributed by atoms with Crippen LogP contribution in [0.1, 0.15) is 5.56 Å². The Balaban J connectivity index is 2.53. The fourth-order valence-electron chi connectivity index (χ4n) is 1.61. The van der Waals surface area contributed by atoms with Crippen LogP contribution in [0.3, 0.4) is 0 Å². The van der Waals surface area contributed by atoms with Crippen LogP contribution in [-0.4, -0.2) is 5.11 Å². The Morgan fingerprint density at radius 1 is 1.12 bits per heavy atom. The molecule has 0 aliphatic heterocycles. The van der Waals surface area contributed by atoms with Crippen molar-refractivity contribution < 1.29 is 9.50 Å². The van der Waals surface area contributed by atoms with Crippen molar-refractivity contribution in [3.05, 3.63) is 53.8 Å². The quantitative estimate of drug-likeness (QED) is 0.812. The fourth-order valence-corrected chi connectivity index (χ4v) is 1.61. The van der Waals surface area contributed by atoms with Crippen molar-refractivity contribution >= 4 is 0 Å². The van der Waals surface area contributed by atoms with Crippen molar-refractivity contribution in [1.29, 1.82) is 0 Å². The molecule has 0 heterocycles. The average molecular weight is 217 g/mol. The van der Waals surface area contributed by atoms with Crippen LogP contribution in [0.5, 0.6) is 5.75 Å². The molecule has 3 N–H and O–H groups in total. The van der Waals surface area contributed by atoms with Crippen LogP contribution in [0.4, 0.5) is 4.39 Å². The Morgan fingerprint density at radius 3 is 2.69 bits per heavy atom. The number of aromatic hydroxyl groups is 1. The molecule has 0 aliphatic carbocycles. The van der Waals surface area contributed by atoms with E-state index in [0.717, 1.165) is 11.1 Å². The van der Waals surface area contributed by atoms with Crippen molar-refractivity contribution in [2.24, 2.45) is 5.73 Å². The van der Waals surface area contributed by atoms with Crippen LogP contribution >= 0.6 is 0 Å². The predicted molar refractivity (Wildman–Crippen MR) is 61.4 cm³/mol. The lowest BCUT2D eigenvalue weighted by Gasteiger charge is -2.06. The van der Waals surface area contributed by atoms with Gasteiger partial charge in [0.05, 0.1) is 0 Å². The highest BCUT2D eigenvalue weighted by Gasteiger charge is 2.05. The van der Waals surface area contributed by atoms with Crippen molar-refractivity contribution in [2.75, 3.05) is 0 Å². The zero-order valence-corrected chi connectivity index (χ0v) is 8.65. The number of hydrogen-bond donors (Lipinski definition) is 2. The molecule has 0 aromatic heterocycles. The standard InChI is InChI=1S/C13H12FNO/c14-11-4-5-13(16)12(7-11)10-3-1-2-9(6-10)8-15/h1-7,16H,8,15H2. The van der Waals surface area contributed by atoms with Crippen LogP contribution in [0.2, 0.25) is 0 Å². The molecule has 3 heteroatoms. The third-order valence-corrected chi connectivity index (χ3v) is 2.43. The summed E-state index contributed by atoms with van der Waals surface area (Å²) in [6.07, 6.45) is 0. The highest BCUT2D eigenvalue weighted by Crippen LogP contribution is 2.29. The summed E-state index contributed by atoms with van der Waals surface area (Å²) < 4.78 is 13.1. The second kappa shape index (κ2) is 4.33. The summed E-state index contributed by atoms with van der Waals surface area (Å²) in [5.74, 6) is -0.304. The van der Waals surface area contributed by atoms with Crippen molar-refractivity contribution in [3.63, 3.8) is 0 Å². The molecule has 0 radical (unpaired) electrons. The summed E-state index contributed by atoms with van der Waals surface area (Å²) in [4.78, 5) is 0. The van der Waals surface area contributed by atoms with Crippen LogP contribution < -0.4 is 5.73 Å². The highest BCUT2D eigenvalue weighted by atomic mass is 19.1. The highest BCUT2D eigenvalue weighted by molar-refractivity contribution is 5.70. The van der Waals surface area contributed by atoms with E-state index in [9.17, 15) is 9.50 Å². The summed E-state index contributed by atoms with van der Waals surface area (Å²) in [5, 5.41) is 9.65. The molecule has 0 atom stereocenters. The number of phenolic OH excluding ortho intramolecular Hbond substituents is 1. The first-order valence-corrected chi connectivity index (χ1v) is 4.98. The summed E-state index contributed by atoms with van der Waals surface area (Å²) >= 11 is 0. The number of hydrogen-bond acceptors (Lipinski definition) is 2. The van der Waals surface area contributed by atoms with Crippen LogP contribution in [0.15, 0.2) is 42.5 Å². The number of phenols is 1. The number of benzene rings is 2. The van der Waals surface area contributed by atoms with Gasteiger partial charge in [0.2, 0.25) is 0 Å². The Hall–Kier alpha value is -1.87. The maximum atomic E-state index is 13.1. The number of nitrogens with two attached hydrogens (primary N) is 1. The van der Waals surface area contributed by atoms with Gasteiger partial charge in [0.25, 0.3) is 0 Å². The molecule has 16 heavy (non-hydrogen) atoms. The second-order valence-electron chi connectivity index (χ2n) is 3.57. The molecule has 0 bridgehead atoms. The third-order valence-electron chi connectivity index (χ3n) is 2.43. The average Bonchev–Trinajstić information content (AvgIpc) is 2.32. The van der Waals surface area contributed by atoms with Crippen molar-refractivity contribution in [3.8, 4) is 16.9 Å². The summed E-state index contributed by atoms with van der Waals surface area (Å²) in [6, 6.07) is 11.3. The molecular formula is C13H12FNO. The summed E-state index contributed by atoms with van der Waals surface area (Å²) in [6.45, 7) is 0.421. The zero-order valence-electron chi connectivity index (χ0n) is 8.65. The first-order valence-electron chi connectivity index (χ1n) is 4.98. The van der Waals surface area contributed by atoms with E-state index in [4.69, 9.17) is 5.73 Å². The molecule has 2 rings (SSSR count). The normalized spacial score (nSPS) is 10.4. The molecule has 0 amide bonds. The molecule has 0 unspecified atom stereocenters. The number of rotatable bonds is 2. The Labute approximate surface area is 93.2 Å². The van der Waals surface area contributed by atoms with Gasteiger partial charge in [-0.05, 0) is 35.4 Å². The van der Waals surface area contributed by atoms with Gasteiger partial charge < -0.3 is 10.8 Å². The Kier molecular flexibility index (Phi) is 2.88. The largest absolute Gasteiger partial charge is 0.507 e. The van der Waals surface area contributed by atoms with Crippen molar-refractivity contribution in [1.82, 2.24) is 0 Å². The van der Waals surface area contributed by atoms with Crippen molar-refractivity contribution in [2.45, 2.75) is 6.54 Å². The lowest BCUT2D eigenvalue weighted by Crippen LogP contribution is -1.95. The smallest absolute Gasteiger partial charge is 0.124 e.